The van der Waals surface area contributed by atoms with Gasteiger partial charge in [-0.15, -0.1) is 0 Å². The van der Waals surface area contributed by atoms with Crippen LogP contribution in [0.1, 0.15) is 70.4 Å². The Labute approximate surface area is 219 Å². The summed E-state index contributed by atoms with van der Waals surface area (Å²) < 4.78 is 10.6. The van der Waals surface area contributed by atoms with E-state index in [0.717, 1.165) is 12.0 Å². The number of benzene rings is 1. The summed E-state index contributed by atoms with van der Waals surface area (Å²) in [5.41, 5.74) is 1.27. The van der Waals surface area contributed by atoms with Gasteiger partial charge in [0.25, 0.3) is 11.8 Å². The zero-order chi connectivity index (χ0) is 27.1. The van der Waals surface area contributed by atoms with Gasteiger partial charge in [0.15, 0.2) is 12.1 Å². The Hall–Kier alpha value is -4.48. The highest BCUT2D eigenvalue weighted by Crippen LogP contribution is 2.15. The maximum atomic E-state index is 13.1. The Morgan fingerprint density at radius 1 is 1.08 bits per heavy atom. The smallest absolute Gasteiger partial charge is 0.289 e. The van der Waals surface area contributed by atoms with Gasteiger partial charge in [0.05, 0.1) is 5.69 Å². The van der Waals surface area contributed by atoms with Gasteiger partial charge in [0.1, 0.15) is 24.4 Å². The predicted molar refractivity (Wildman–Crippen MR) is 134 cm³/mol. The van der Waals surface area contributed by atoms with E-state index in [2.05, 4.69) is 31.2 Å². The first kappa shape index (κ1) is 26.6. The third kappa shape index (κ3) is 6.64. The fraction of sp³-hybridized carbons (Fsp3) is 0.385. The van der Waals surface area contributed by atoms with E-state index in [1.165, 1.54) is 6.26 Å². The van der Waals surface area contributed by atoms with Crippen LogP contribution in [0.5, 0.6) is 0 Å². The molecule has 3 atom stereocenters. The first-order valence-electron chi connectivity index (χ1n) is 12.4. The fourth-order valence-corrected chi connectivity index (χ4v) is 4.08. The number of carbonyl (C=O) groups excluding carboxylic acids is 4. The lowest BCUT2D eigenvalue weighted by molar-refractivity contribution is -0.124. The molecule has 3 heterocycles. The molecule has 1 aromatic carbocycles. The molecule has 1 aliphatic heterocycles. The molecule has 1 aliphatic rings. The normalized spacial score (nSPS) is 21.2. The Bertz CT molecular complexity index is 1290. The lowest BCUT2D eigenvalue weighted by Crippen LogP contribution is -2.49. The molecule has 0 aliphatic carbocycles. The van der Waals surface area contributed by atoms with Gasteiger partial charge in [-0.05, 0) is 38.7 Å². The van der Waals surface area contributed by atoms with Crippen LogP contribution in [0.15, 0.2) is 51.8 Å². The molecule has 3 aromatic rings. The molecule has 4 rings (SSSR count). The zero-order valence-electron chi connectivity index (χ0n) is 21.2. The van der Waals surface area contributed by atoms with E-state index >= 15 is 0 Å². The molecule has 0 spiro atoms. The fourth-order valence-electron chi connectivity index (χ4n) is 4.08. The van der Waals surface area contributed by atoms with Crippen LogP contribution in [-0.4, -0.2) is 52.2 Å². The minimum atomic E-state index is -0.887. The van der Waals surface area contributed by atoms with Gasteiger partial charge in [-0.3, -0.25) is 19.2 Å². The van der Waals surface area contributed by atoms with Crippen LogP contribution < -0.4 is 21.3 Å². The molecule has 38 heavy (non-hydrogen) atoms. The molecule has 4 amide bonds. The van der Waals surface area contributed by atoms with Crippen LogP contribution in [0, 0.1) is 6.92 Å². The molecule has 0 saturated heterocycles. The van der Waals surface area contributed by atoms with Gasteiger partial charge < -0.3 is 30.1 Å². The number of rotatable bonds is 4. The highest BCUT2D eigenvalue weighted by Gasteiger charge is 2.28. The topological polar surface area (TPSA) is 168 Å². The number of amides is 4. The molecule has 2 aromatic heterocycles. The Morgan fingerprint density at radius 3 is 2.61 bits per heavy atom. The highest BCUT2D eigenvalue weighted by atomic mass is 16.4. The predicted octanol–water partition coefficient (Wildman–Crippen LogP) is 1.59. The van der Waals surface area contributed by atoms with E-state index in [0.29, 0.717) is 37.9 Å². The summed E-state index contributed by atoms with van der Waals surface area (Å²) in [7, 11) is 0. The molecule has 2 bridgehead atoms. The van der Waals surface area contributed by atoms with Crippen LogP contribution in [0.4, 0.5) is 0 Å². The number of oxazole rings is 2. The van der Waals surface area contributed by atoms with Crippen molar-refractivity contribution >= 4 is 23.6 Å². The Kier molecular flexibility index (Phi) is 8.51. The largest absolute Gasteiger partial charge is 0.446 e. The number of carbonyl (C=O) groups is 4. The van der Waals surface area contributed by atoms with Crippen LogP contribution in [0.3, 0.4) is 0 Å². The number of nitrogens with one attached hydrogen (secondary N) is 4. The lowest BCUT2D eigenvalue weighted by Gasteiger charge is -2.21. The summed E-state index contributed by atoms with van der Waals surface area (Å²) >= 11 is 0. The van der Waals surface area contributed by atoms with E-state index in [1.54, 1.807) is 13.8 Å². The molecule has 200 valence electrons. The second kappa shape index (κ2) is 12.2. The number of aryl methyl sites for hydroxylation is 1. The second-order valence-corrected chi connectivity index (χ2v) is 9.10. The minimum Gasteiger partial charge on any atom is -0.446 e. The monoisotopic (exact) mass is 522 g/mol. The quantitative estimate of drug-likeness (QED) is 0.400. The number of aromatic nitrogens is 2. The van der Waals surface area contributed by atoms with Crippen molar-refractivity contribution in [1.29, 1.82) is 0 Å². The third-order valence-corrected chi connectivity index (χ3v) is 6.18. The van der Waals surface area contributed by atoms with Crippen LogP contribution in [0.2, 0.25) is 0 Å². The molecule has 0 unspecified atom stereocenters. The summed E-state index contributed by atoms with van der Waals surface area (Å²) in [6.45, 7) is 3.61. The molecule has 0 radical (unpaired) electrons. The van der Waals surface area contributed by atoms with Crippen molar-refractivity contribution in [3.63, 3.8) is 0 Å². The molecule has 12 heteroatoms. The molecular weight excluding hydrogens is 492 g/mol. The first-order valence-corrected chi connectivity index (χ1v) is 12.4. The second-order valence-electron chi connectivity index (χ2n) is 9.10. The van der Waals surface area contributed by atoms with Crippen molar-refractivity contribution in [2.45, 2.75) is 57.7 Å². The minimum absolute atomic E-state index is 0.0234. The van der Waals surface area contributed by atoms with Gasteiger partial charge in [-0.1, -0.05) is 30.3 Å². The third-order valence-electron chi connectivity index (χ3n) is 6.18. The summed E-state index contributed by atoms with van der Waals surface area (Å²) in [6, 6.07) is 6.96. The van der Waals surface area contributed by atoms with Gasteiger partial charge >= 0.3 is 0 Å². The van der Waals surface area contributed by atoms with Crippen molar-refractivity contribution in [1.82, 2.24) is 31.2 Å². The van der Waals surface area contributed by atoms with Gasteiger partial charge in [-0.2, -0.15) is 0 Å². The van der Waals surface area contributed by atoms with Crippen LogP contribution in [0.25, 0.3) is 0 Å². The molecule has 4 N–H and O–H groups in total. The summed E-state index contributed by atoms with van der Waals surface area (Å²) in [4.78, 5) is 59.8. The highest BCUT2D eigenvalue weighted by molar-refractivity contribution is 5.97. The number of hydrogen-bond donors (Lipinski definition) is 4. The molecule has 12 nitrogen and oxygen atoms in total. The first-order chi connectivity index (χ1) is 18.3. The lowest BCUT2D eigenvalue weighted by atomic mass is 10.0. The Morgan fingerprint density at radius 2 is 1.87 bits per heavy atom. The van der Waals surface area contributed by atoms with E-state index < -0.39 is 35.8 Å². The van der Waals surface area contributed by atoms with E-state index in [9.17, 15) is 19.2 Å². The van der Waals surface area contributed by atoms with E-state index in [4.69, 9.17) is 8.83 Å². The average Bonchev–Trinajstić information content (AvgIpc) is 3.57. The van der Waals surface area contributed by atoms with Gasteiger partial charge in [0, 0.05) is 13.0 Å². The molecule has 0 fully saturated rings. The SMILES string of the molecule is Cc1ncoc1C(=O)N[C@H]1CCCCNC(=O)[C@H](Cc2ccccc2)NC(=O)c2coc(n2)[C@H](C)NC1=O. The average molecular weight is 523 g/mol. The van der Waals surface area contributed by atoms with E-state index in [-0.39, 0.29) is 23.3 Å². The number of nitrogens with zero attached hydrogens (tertiary/aromatic N) is 2. The maximum absolute atomic E-state index is 13.1. The number of hydrogen-bond acceptors (Lipinski definition) is 8. The standard InChI is InChI=1S/C26H30N6O6/c1-15-21(38-14-28-15)25(36)30-18-10-6-7-11-27-22(33)19(12-17-8-4-3-5-9-17)31-24(35)20-13-37-26(32-20)16(2)29-23(18)34/h3-5,8-9,13-14,16,18-19H,6-7,10-12H2,1-2H3,(H,27,33)(H,29,34)(H,30,36)(H,31,35)/t16-,18-,19-/m0/s1. The van der Waals surface area contributed by atoms with Crippen molar-refractivity contribution in [2.75, 3.05) is 6.54 Å². The molecule has 0 saturated carbocycles. The Balaban J connectivity index is 1.52. The van der Waals surface area contributed by atoms with Crippen molar-refractivity contribution in [3.8, 4) is 0 Å². The van der Waals surface area contributed by atoms with Crippen molar-refractivity contribution < 1.29 is 28.0 Å². The maximum Gasteiger partial charge on any atom is 0.289 e. The zero-order valence-corrected chi connectivity index (χ0v) is 21.2. The van der Waals surface area contributed by atoms with Gasteiger partial charge in [0.2, 0.25) is 23.5 Å². The summed E-state index contributed by atoms with van der Waals surface area (Å²) in [6.07, 6.45) is 4.03. The van der Waals surface area contributed by atoms with Crippen molar-refractivity contribution in [2.24, 2.45) is 0 Å². The van der Waals surface area contributed by atoms with Crippen molar-refractivity contribution in [3.05, 3.63) is 71.6 Å². The summed E-state index contributed by atoms with van der Waals surface area (Å²) in [5.74, 6) is -1.79. The van der Waals surface area contributed by atoms with Crippen LogP contribution >= 0.6 is 0 Å². The van der Waals surface area contributed by atoms with E-state index in [1.807, 2.05) is 30.3 Å². The molecular formula is C26H30N6O6. The van der Waals surface area contributed by atoms with Gasteiger partial charge in [-0.25, -0.2) is 9.97 Å². The number of fused-ring (bicyclic) bond motifs is 2. The summed E-state index contributed by atoms with van der Waals surface area (Å²) in [5, 5.41) is 11.1. The van der Waals surface area contributed by atoms with Crippen LogP contribution in [-0.2, 0) is 16.0 Å².